The summed E-state index contributed by atoms with van der Waals surface area (Å²) >= 11 is 0. The van der Waals surface area contributed by atoms with Crippen LogP contribution in [0.25, 0.3) is 0 Å². The van der Waals surface area contributed by atoms with Gasteiger partial charge in [0.1, 0.15) is 5.92 Å². The molecule has 0 amide bonds. The third-order valence-electron chi connectivity index (χ3n) is 6.45. The Morgan fingerprint density at radius 2 is 1.76 bits per heavy atom. The van der Waals surface area contributed by atoms with Gasteiger partial charge in [-0.2, -0.15) is 15.8 Å². The summed E-state index contributed by atoms with van der Waals surface area (Å²) in [7, 11) is 0. The van der Waals surface area contributed by atoms with Crippen LogP contribution in [0.5, 0.6) is 0 Å². The molecule has 5 heteroatoms. The molecule has 5 nitrogen and oxygen atoms in total. The monoisotopic (exact) mass is 385 g/mol. The van der Waals surface area contributed by atoms with Gasteiger partial charge < -0.3 is 5.41 Å². The van der Waals surface area contributed by atoms with E-state index in [0.29, 0.717) is 6.54 Å². The van der Waals surface area contributed by atoms with Crippen molar-refractivity contribution in [3.05, 3.63) is 47.0 Å². The molecule has 1 heterocycles. The van der Waals surface area contributed by atoms with Crippen molar-refractivity contribution in [2.75, 3.05) is 19.6 Å². The van der Waals surface area contributed by atoms with Crippen LogP contribution in [0.15, 0.2) is 35.9 Å². The lowest BCUT2D eigenvalue weighted by Gasteiger charge is -2.47. The third-order valence-corrected chi connectivity index (χ3v) is 6.45. The van der Waals surface area contributed by atoms with Gasteiger partial charge in [0.15, 0.2) is 5.41 Å². The molecule has 0 radical (unpaired) electrons. The smallest absolute Gasteiger partial charge is 0.189 e. The Labute approximate surface area is 173 Å². The van der Waals surface area contributed by atoms with Gasteiger partial charge in [-0.1, -0.05) is 58.0 Å². The highest BCUT2D eigenvalue weighted by molar-refractivity contribution is 6.00. The summed E-state index contributed by atoms with van der Waals surface area (Å²) in [6.07, 6.45) is 2.04. The first kappa shape index (κ1) is 20.8. The summed E-state index contributed by atoms with van der Waals surface area (Å²) in [6.45, 7) is 10.8. The average Bonchev–Trinajstić information content (AvgIpc) is 2.72. The number of nitrogens with one attached hydrogen (secondary N) is 1. The predicted octanol–water partition coefficient (Wildman–Crippen LogP) is 4.15. The average molecular weight is 386 g/mol. The number of hydrogen-bond donors (Lipinski definition) is 1. The Balaban J connectivity index is 2.20. The maximum absolute atomic E-state index is 10.1. The topological polar surface area (TPSA) is 98.5 Å². The Morgan fingerprint density at radius 3 is 2.24 bits per heavy atom. The normalized spacial score (nSPS) is 26.4. The van der Waals surface area contributed by atoms with Crippen molar-refractivity contribution >= 4 is 5.71 Å². The van der Waals surface area contributed by atoms with E-state index in [-0.39, 0.29) is 17.0 Å². The molecule has 1 saturated carbocycles. The van der Waals surface area contributed by atoms with E-state index in [4.69, 9.17) is 5.41 Å². The summed E-state index contributed by atoms with van der Waals surface area (Å²) in [5.41, 5.74) is 1.24. The lowest BCUT2D eigenvalue weighted by molar-refractivity contribution is 0.212. The number of likely N-dealkylation sites (N-methyl/N-ethyl adjacent to an activating group) is 1. The zero-order valence-corrected chi connectivity index (χ0v) is 17.5. The van der Waals surface area contributed by atoms with E-state index >= 15 is 0 Å². The highest BCUT2D eigenvalue weighted by atomic mass is 15.1. The molecule has 3 rings (SSSR count). The van der Waals surface area contributed by atoms with Gasteiger partial charge in [0.05, 0.1) is 23.9 Å². The van der Waals surface area contributed by atoms with Crippen molar-refractivity contribution in [2.24, 2.45) is 17.3 Å². The minimum absolute atomic E-state index is 0.000163. The minimum atomic E-state index is -1.64. The zero-order valence-electron chi connectivity index (χ0n) is 17.5. The summed E-state index contributed by atoms with van der Waals surface area (Å²) in [4.78, 5) is 2.26. The van der Waals surface area contributed by atoms with E-state index in [0.717, 1.165) is 24.2 Å². The number of nitrogens with zero attached hydrogens (tertiary/aromatic N) is 4. The van der Waals surface area contributed by atoms with Crippen LogP contribution in [0.3, 0.4) is 0 Å². The molecule has 2 aliphatic rings. The number of nitriles is 3. The first-order valence-corrected chi connectivity index (χ1v) is 10.1. The molecule has 148 valence electrons. The van der Waals surface area contributed by atoms with Crippen LogP contribution >= 0.6 is 0 Å². The quantitative estimate of drug-likeness (QED) is 0.773. The number of rotatable bonds is 2. The van der Waals surface area contributed by atoms with Crippen LogP contribution in [0.4, 0.5) is 0 Å². The summed E-state index contributed by atoms with van der Waals surface area (Å²) < 4.78 is 0. The van der Waals surface area contributed by atoms with E-state index < -0.39 is 17.3 Å². The second kappa shape index (κ2) is 7.47. The lowest BCUT2D eigenvalue weighted by atomic mass is 9.54. The van der Waals surface area contributed by atoms with Crippen LogP contribution in [0.1, 0.15) is 44.7 Å². The molecular weight excluding hydrogens is 358 g/mol. The first-order valence-electron chi connectivity index (χ1n) is 10.1. The van der Waals surface area contributed by atoms with Crippen LogP contribution in [0, 0.1) is 56.7 Å². The second-order valence-electron chi connectivity index (χ2n) is 9.02. The molecule has 1 aromatic rings. The fourth-order valence-corrected chi connectivity index (χ4v) is 4.69. The van der Waals surface area contributed by atoms with Crippen molar-refractivity contribution in [1.29, 1.82) is 21.2 Å². The molecule has 0 spiro atoms. The number of benzene rings is 1. The van der Waals surface area contributed by atoms with Gasteiger partial charge >= 0.3 is 0 Å². The van der Waals surface area contributed by atoms with Crippen molar-refractivity contribution in [2.45, 2.75) is 39.0 Å². The Kier molecular flexibility index (Phi) is 5.36. The van der Waals surface area contributed by atoms with Crippen molar-refractivity contribution in [3.63, 3.8) is 0 Å². The predicted molar refractivity (Wildman–Crippen MR) is 112 cm³/mol. The van der Waals surface area contributed by atoms with Gasteiger partial charge in [-0.25, -0.2) is 0 Å². The van der Waals surface area contributed by atoms with Crippen LogP contribution in [-0.4, -0.2) is 30.2 Å². The van der Waals surface area contributed by atoms with Crippen LogP contribution < -0.4 is 0 Å². The largest absolute Gasteiger partial charge is 0.305 e. The van der Waals surface area contributed by atoms with E-state index in [2.05, 4.69) is 62.9 Å². The fraction of sp³-hybridized carbons (Fsp3) is 0.500. The highest BCUT2D eigenvalue weighted by Gasteiger charge is 2.57. The Morgan fingerprint density at radius 1 is 1.14 bits per heavy atom. The third kappa shape index (κ3) is 3.25. The standard InChI is InChI=1S/C24H27N5/c1-5-29-11-10-18-19(12-25)22(28)24(14-26,15-27)21(20(18)13-29)16-6-8-17(9-7-16)23(2,3)4/h6-10,19-21,28H,5,11,13H2,1-4H3/t19?,20-,21-/m0/s1. The molecule has 0 saturated heterocycles. The molecule has 1 aliphatic carbocycles. The molecule has 1 fully saturated rings. The second-order valence-corrected chi connectivity index (χ2v) is 9.02. The first-order chi connectivity index (χ1) is 13.7. The van der Waals surface area contributed by atoms with E-state index in [9.17, 15) is 15.8 Å². The van der Waals surface area contributed by atoms with Gasteiger partial charge in [0, 0.05) is 24.9 Å². The van der Waals surface area contributed by atoms with E-state index in [1.807, 2.05) is 18.2 Å². The molecule has 29 heavy (non-hydrogen) atoms. The highest BCUT2D eigenvalue weighted by Crippen LogP contribution is 2.53. The van der Waals surface area contributed by atoms with Crippen molar-refractivity contribution in [1.82, 2.24) is 4.90 Å². The maximum Gasteiger partial charge on any atom is 0.189 e. The van der Waals surface area contributed by atoms with Crippen LogP contribution in [0.2, 0.25) is 0 Å². The maximum atomic E-state index is 10.1. The molecular formula is C24H27N5. The van der Waals surface area contributed by atoms with Crippen molar-refractivity contribution < 1.29 is 0 Å². The van der Waals surface area contributed by atoms with Crippen molar-refractivity contribution in [3.8, 4) is 18.2 Å². The molecule has 0 bridgehead atoms. The summed E-state index contributed by atoms with van der Waals surface area (Å²) in [5, 5.41) is 38.6. The molecule has 1 aliphatic heterocycles. The lowest BCUT2D eigenvalue weighted by Crippen LogP contribution is -2.52. The van der Waals surface area contributed by atoms with E-state index in [1.165, 1.54) is 5.56 Å². The minimum Gasteiger partial charge on any atom is -0.305 e. The zero-order chi connectivity index (χ0) is 21.4. The van der Waals surface area contributed by atoms with Gasteiger partial charge in [-0.15, -0.1) is 0 Å². The van der Waals surface area contributed by atoms with Gasteiger partial charge in [0.25, 0.3) is 0 Å². The van der Waals surface area contributed by atoms with Crippen LogP contribution in [-0.2, 0) is 5.41 Å². The molecule has 1 aromatic carbocycles. The molecule has 1 unspecified atom stereocenters. The summed E-state index contributed by atoms with van der Waals surface area (Å²) in [6, 6.07) is 14.6. The molecule has 3 atom stereocenters. The molecule has 1 N–H and O–H groups in total. The molecule has 0 aromatic heterocycles. The van der Waals surface area contributed by atoms with Gasteiger partial charge in [-0.05, 0) is 28.7 Å². The number of hydrogen-bond acceptors (Lipinski definition) is 5. The SMILES string of the molecule is CCN1CC=C2C(C#N)C(=N)C(C#N)(C#N)[C@@H](c3ccc(C(C)(C)C)cc3)[C@H]2C1. The fourth-order valence-electron chi connectivity index (χ4n) is 4.69. The Hall–Kier alpha value is -2.94. The Bertz CT molecular complexity index is 945. The number of fused-ring (bicyclic) bond motifs is 1. The van der Waals surface area contributed by atoms with Gasteiger partial charge in [-0.3, -0.25) is 4.90 Å². The van der Waals surface area contributed by atoms with Gasteiger partial charge in [0.2, 0.25) is 0 Å². The van der Waals surface area contributed by atoms with E-state index in [1.54, 1.807) is 0 Å². The summed E-state index contributed by atoms with van der Waals surface area (Å²) in [5.74, 6) is -1.41.